The highest BCUT2D eigenvalue weighted by molar-refractivity contribution is 5.48. The maximum Gasteiger partial charge on any atom is 0.0166 e. The fourth-order valence-corrected chi connectivity index (χ4v) is 3.02. The van der Waals surface area contributed by atoms with Gasteiger partial charge in [0.05, 0.1) is 0 Å². The Balaban J connectivity index is 1.54. The molecule has 2 fully saturated rings. The van der Waals surface area contributed by atoms with Crippen LogP contribution in [0.2, 0.25) is 0 Å². The third kappa shape index (κ3) is 3.02. The average molecular weight is 241 g/mol. The van der Waals surface area contributed by atoms with Crippen molar-refractivity contribution in [2.24, 2.45) is 11.8 Å². The van der Waals surface area contributed by atoms with Crippen molar-refractivity contribution in [1.29, 1.82) is 0 Å². The highest BCUT2D eigenvalue weighted by Gasteiger charge is 2.43. The van der Waals surface area contributed by atoms with Crippen molar-refractivity contribution in [3.05, 3.63) is 42.0 Å². The first-order valence-electron chi connectivity index (χ1n) is 7.26. The average Bonchev–Trinajstić information content (AvgIpc) is 3.25. The van der Waals surface area contributed by atoms with Crippen LogP contribution in [0.4, 0.5) is 0 Å². The van der Waals surface area contributed by atoms with E-state index in [0.717, 1.165) is 24.4 Å². The SMILES string of the molecule is CN(C/C=C/c1ccccc1)C(C1CC1)C1CC1. The molecule has 0 saturated heterocycles. The molecular weight excluding hydrogens is 218 g/mol. The van der Waals surface area contributed by atoms with Gasteiger partial charge >= 0.3 is 0 Å². The van der Waals surface area contributed by atoms with Crippen LogP contribution in [0.5, 0.6) is 0 Å². The molecule has 1 aromatic rings. The lowest BCUT2D eigenvalue weighted by atomic mass is 10.1. The highest BCUT2D eigenvalue weighted by Crippen LogP contribution is 2.46. The van der Waals surface area contributed by atoms with E-state index in [1.807, 2.05) is 0 Å². The topological polar surface area (TPSA) is 3.24 Å². The Labute approximate surface area is 111 Å². The smallest absolute Gasteiger partial charge is 0.0166 e. The van der Waals surface area contributed by atoms with Gasteiger partial charge in [0.15, 0.2) is 0 Å². The van der Waals surface area contributed by atoms with Gasteiger partial charge in [0.2, 0.25) is 0 Å². The molecule has 0 N–H and O–H groups in total. The van der Waals surface area contributed by atoms with Crippen molar-refractivity contribution in [1.82, 2.24) is 4.90 Å². The first kappa shape index (κ1) is 12.0. The highest BCUT2D eigenvalue weighted by atomic mass is 15.1. The Hall–Kier alpha value is -1.08. The minimum atomic E-state index is 0.866. The summed E-state index contributed by atoms with van der Waals surface area (Å²) in [4.78, 5) is 2.58. The summed E-state index contributed by atoms with van der Waals surface area (Å²) in [7, 11) is 2.30. The molecule has 0 aliphatic heterocycles. The summed E-state index contributed by atoms with van der Waals surface area (Å²) < 4.78 is 0. The molecule has 96 valence electrons. The van der Waals surface area contributed by atoms with Gasteiger partial charge in [-0.3, -0.25) is 4.90 Å². The van der Waals surface area contributed by atoms with E-state index in [-0.39, 0.29) is 0 Å². The van der Waals surface area contributed by atoms with Crippen LogP contribution in [0, 0.1) is 11.8 Å². The molecule has 0 heterocycles. The third-order valence-electron chi connectivity index (χ3n) is 4.22. The van der Waals surface area contributed by atoms with Crippen LogP contribution in [0.3, 0.4) is 0 Å². The molecule has 1 aromatic carbocycles. The Morgan fingerprint density at radius 2 is 1.72 bits per heavy atom. The minimum Gasteiger partial charge on any atom is -0.299 e. The molecule has 1 heteroatoms. The second-order valence-electron chi connectivity index (χ2n) is 5.92. The molecule has 0 radical (unpaired) electrons. The van der Waals surface area contributed by atoms with Crippen LogP contribution in [-0.2, 0) is 0 Å². The second-order valence-corrected chi connectivity index (χ2v) is 5.92. The largest absolute Gasteiger partial charge is 0.299 e. The van der Waals surface area contributed by atoms with Gasteiger partial charge in [0.25, 0.3) is 0 Å². The number of likely N-dealkylation sites (N-methyl/N-ethyl adjacent to an activating group) is 1. The first-order valence-corrected chi connectivity index (χ1v) is 7.26. The zero-order chi connectivity index (χ0) is 12.4. The number of rotatable bonds is 6. The summed E-state index contributed by atoms with van der Waals surface area (Å²) in [5, 5.41) is 0. The zero-order valence-electron chi connectivity index (χ0n) is 11.3. The maximum atomic E-state index is 2.58. The molecule has 0 atom stereocenters. The molecule has 3 rings (SSSR count). The van der Waals surface area contributed by atoms with Gasteiger partial charge in [0, 0.05) is 12.6 Å². The van der Waals surface area contributed by atoms with E-state index < -0.39 is 0 Å². The van der Waals surface area contributed by atoms with Crippen LogP contribution in [-0.4, -0.2) is 24.5 Å². The van der Waals surface area contributed by atoms with Gasteiger partial charge in [0.1, 0.15) is 0 Å². The summed E-state index contributed by atoms with van der Waals surface area (Å²) in [5.74, 6) is 2.01. The van der Waals surface area contributed by atoms with Crippen molar-refractivity contribution >= 4 is 6.08 Å². The van der Waals surface area contributed by atoms with Crippen LogP contribution in [0.25, 0.3) is 6.08 Å². The van der Waals surface area contributed by atoms with E-state index in [1.165, 1.54) is 31.2 Å². The molecular formula is C17H23N. The van der Waals surface area contributed by atoms with E-state index in [2.05, 4.69) is 54.4 Å². The van der Waals surface area contributed by atoms with Crippen molar-refractivity contribution in [3.63, 3.8) is 0 Å². The minimum absolute atomic E-state index is 0.866. The summed E-state index contributed by atoms with van der Waals surface area (Å²) in [6, 6.07) is 11.5. The second kappa shape index (κ2) is 5.27. The first-order chi connectivity index (χ1) is 8.84. The van der Waals surface area contributed by atoms with Crippen molar-refractivity contribution in [3.8, 4) is 0 Å². The van der Waals surface area contributed by atoms with Crippen molar-refractivity contribution < 1.29 is 0 Å². The summed E-state index contributed by atoms with van der Waals surface area (Å²) in [6.45, 7) is 1.09. The third-order valence-corrected chi connectivity index (χ3v) is 4.22. The van der Waals surface area contributed by atoms with E-state index in [9.17, 15) is 0 Å². The van der Waals surface area contributed by atoms with Gasteiger partial charge in [-0.1, -0.05) is 42.5 Å². The zero-order valence-corrected chi connectivity index (χ0v) is 11.3. The van der Waals surface area contributed by atoms with Gasteiger partial charge in [-0.05, 0) is 50.1 Å². The van der Waals surface area contributed by atoms with Crippen LogP contribution in [0.1, 0.15) is 31.2 Å². The summed E-state index contributed by atoms with van der Waals surface area (Å²) in [5.41, 5.74) is 1.31. The number of hydrogen-bond donors (Lipinski definition) is 0. The normalized spacial score (nSPS) is 20.2. The molecule has 18 heavy (non-hydrogen) atoms. The van der Waals surface area contributed by atoms with E-state index >= 15 is 0 Å². The lowest BCUT2D eigenvalue weighted by molar-refractivity contribution is 0.214. The molecule has 2 aliphatic carbocycles. The van der Waals surface area contributed by atoms with Crippen molar-refractivity contribution in [2.45, 2.75) is 31.7 Å². The summed E-state index contributed by atoms with van der Waals surface area (Å²) >= 11 is 0. The molecule has 0 amide bonds. The lowest BCUT2D eigenvalue weighted by Crippen LogP contribution is -2.35. The number of nitrogens with zero attached hydrogens (tertiary/aromatic N) is 1. The Bertz CT molecular complexity index is 389. The Morgan fingerprint density at radius 1 is 1.11 bits per heavy atom. The fourth-order valence-electron chi connectivity index (χ4n) is 3.02. The Morgan fingerprint density at radius 3 is 2.28 bits per heavy atom. The van der Waals surface area contributed by atoms with E-state index in [1.54, 1.807) is 0 Å². The van der Waals surface area contributed by atoms with Gasteiger partial charge in [-0.25, -0.2) is 0 Å². The predicted molar refractivity (Wildman–Crippen MR) is 77.3 cm³/mol. The molecule has 0 bridgehead atoms. The lowest BCUT2D eigenvalue weighted by Gasteiger charge is -2.27. The van der Waals surface area contributed by atoms with Crippen LogP contribution >= 0.6 is 0 Å². The number of benzene rings is 1. The van der Waals surface area contributed by atoms with Gasteiger partial charge in [-0.15, -0.1) is 0 Å². The monoisotopic (exact) mass is 241 g/mol. The predicted octanol–water partition coefficient (Wildman–Crippen LogP) is 3.82. The van der Waals surface area contributed by atoms with E-state index in [0.29, 0.717) is 0 Å². The molecule has 2 saturated carbocycles. The number of hydrogen-bond acceptors (Lipinski definition) is 1. The Kier molecular flexibility index (Phi) is 3.51. The maximum absolute atomic E-state index is 2.58. The van der Waals surface area contributed by atoms with Crippen LogP contribution < -0.4 is 0 Å². The molecule has 2 aliphatic rings. The quantitative estimate of drug-likeness (QED) is 0.732. The molecule has 0 spiro atoms. The van der Waals surface area contributed by atoms with Gasteiger partial charge in [-0.2, -0.15) is 0 Å². The standard InChI is InChI=1S/C17H23N/c1-18(17(15-9-10-15)16-11-12-16)13-5-8-14-6-3-2-4-7-14/h2-8,15-17H,9-13H2,1H3/b8-5+. The molecule has 0 aromatic heterocycles. The summed E-state index contributed by atoms with van der Waals surface area (Å²) in [6.07, 6.45) is 10.4. The van der Waals surface area contributed by atoms with Gasteiger partial charge < -0.3 is 0 Å². The molecule has 1 nitrogen and oxygen atoms in total. The molecule has 0 unspecified atom stereocenters. The van der Waals surface area contributed by atoms with Crippen molar-refractivity contribution in [2.75, 3.05) is 13.6 Å². The fraction of sp³-hybridized carbons (Fsp3) is 0.529. The van der Waals surface area contributed by atoms with E-state index in [4.69, 9.17) is 0 Å². The van der Waals surface area contributed by atoms with Crippen LogP contribution in [0.15, 0.2) is 36.4 Å².